The lowest BCUT2D eigenvalue weighted by Crippen LogP contribution is -2.42. The third-order valence-electron chi connectivity index (χ3n) is 4.67. The zero-order valence-corrected chi connectivity index (χ0v) is 17.3. The van der Waals surface area contributed by atoms with Gasteiger partial charge in [-0.2, -0.15) is 0 Å². The van der Waals surface area contributed by atoms with Gasteiger partial charge in [-0.3, -0.25) is 9.52 Å². The fraction of sp³-hybridized carbons (Fsp3) is 0.286. The predicted molar refractivity (Wildman–Crippen MR) is 110 cm³/mol. The number of aryl methyl sites for hydroxylation is 1. The summed E-state index contributed by atoms with van der Waals surface area (Å²) in [6, 6.07) is 8.27. The number of hydrogen-bond acceptors (Lipinski definition) is 4. The summed E-state index contributed by atoms with van der Waals surface area (Å²) in [5, 5.41) is 0. The van der Waals surface area contributed by atoms with Crippen molar-refractivity contribution in [2.75, 3.05) is 22.8 Å². The van der Waals surface area contributed by atoms with E-state index in [0.717, 1.165) is 6.07 Å². The molecule has 2 aromatic rings. The number of nitrogens with one attached hydrogen (secondary N) is 1. The first-order valence-corrected chi connectivity index (χ1v) is 10.5. The van der Waals surface area contributed by atoms with E-state index in [1.165, 1.54) is 24.3 Å². The topological polar surface area (TPSA) is 75.7 Å². The minimum absolute atomic E-state index is 0.111. The van der Waals surface area contributed by atoms with Gasteiger partial charge in [0.2, 0.25) is 5.91 Å². The van der Waals surface area contributed by atoms with E-state index >= 15 is 0 Å². The molecule has 1 aliphatic rings. The molecule has 1 heterocycles. The summed E-state index contributed by atoms with van der Waals surface area (Å²) in [6.07, 6.45) is 1.62. The second kappa shape index (κ2) is 7.51. The van der Waals surface area contributed by atoms with Gasteiger partial charge in [-0.25, -0.2) is 12.8 Å². The van der Waals surface area contributed by atoms with Crippen LogP contribution in [0.4, 0.5) is 15.8 Å². The van der Waals surface area contributed by atoms with E-state index in [-0.39, 0.29) is 23.1 Å². The Morgan fingerprint density at radius 1 is 1.28 bits per heavy atom. The molecular weight excluding hydrogens is 395 g/mol. The van der Waals surface area contributed by atoms with Crippen LogP contribution < -0.4 is 14.4 Å². The molecule has 2 aromatic carbocycles. The maximum atomic E-state index is 13.6. The first-order chi connectivity index (χ1) is 13.5. The summed E-state index contributed by atoms with van der Waals surface area (Å²) in [5.74, 6) is -0.371. The summed E-state index contributed by atoms with van der Waals surface area (Å²) >= 11 is 0. The molecule has 0 aromatic heterocycles. The van der Waals surface area contributed by atoms with Gasteiger partial charge < -0.3 is 9.64 Å². The van der Waals surface area contributed by atoms with Crippen LogP contribution in [0.3, 0.4) is 0 Å². The molecule has 154 valence electrons. The van der Waals surface area contributed by atoms with Gasteiger partial charge in [0.25, 0.3) is 10.0 Å². The molecule has 3 rings (SSSR count). The molecule has 0 atom stereocenters. The number of anilines is 2. The Kier molecular flexibility index (Phi) is 5.40. The van der Waals surface area contributed by atoms with Crippen LogP contribution in [0.5, 0.6) is 5.75 Å². The Bertz CT molecular complexity index is 1080. The first kappa shape index (κ1) is 20.9. The van der Waals surface area contributed by atoms with Crippen molar-refractivity contribution in [1.29, 1.82) is 0 Å². The average molecular weight is 418 g/mol. The molecule has 0 unspecified atom stereocenters. The van der Waals surface area contributed by atoms with E-state index in [0.29, 0.717) is 23.5 Å². The Morgan fingerprint density at radius 2 is 2.00 bits per heavy atom. The second-order valence-corrected chi connectivity index (χ2v) is 9.23. The number of nitrogens with zero attached hydrogens (tertiary/aromatic N) is 1. The van der Waals surface area contributed by atoms with Crippen molar-refractivity contribution in [3.05, 3.63) is 60.4 Å². The molecule has 29 heavy (non-hydrogen) atoms. The fourth-order valence-corrected chi connectivity index (χ4v) is 4.40. The quantitative estimate of drug-likeness (QED) is 0.748. The highest BCUT2D eigenvalue weighted by Crippen LogP contribution is 2.38. The van der Waals surface area contributed by atoms with E-state index < -0.39 is 21.3 Å². The van der Waals surface area contributed by atoms with Gasteiger partial charge in [-0.1, -0.05) is 12.1 Å². The maximum absolute atomic E-state index is 13.6. The number of ether oxygens (including phenoxy) is 1. The number of amides is 1. The Hall–Kier alpha value is -2.87. The van der Waals surface area contributed by atoms with Crippen molar-refractivity contribution in [2.45, 2.75) is 25.7 Å². The van der Waals surface area contributed by atoms with Crippen molar-refractivity contribution in [2.24, 2.45) is 5.41 Å². The maximum Gasteiger partial charge on any atom is 0.262 e. The summed E-state index contributed by atoms with van der Waals surface area (Å²) in [4.78, 5) is 14.3. The molecule has 0 radical (unpaired) electrons. The molecule has 0 saturated carbocycles. The number of rotatable bonds is 5. The van der Waals surface area contributed by atoms with Crippen molar-refractivity contribution < 1.29 is 22.3 Å². The zero-order valence-electron chi connectivity index (χ0n) is 16.5. The largest absolute Gasteiger partial charge is 0.490 e. The van der Waals surface area contributed by atoms with Gasteiger partial charge in [0.05, 0.1) is 21.7 Å². The smallest absolute Gasteiger partial charge is 0.262 e. The zero-order chi connectivity index (χ0) is 21.4. The molecule has 0 fully saturated rings. The molecule has 1 N–H and O–H groups in total. The molecule has 0 bridgehead atoms. The minimum Gasteiger partial charge on any atom is -0.490 e. The number of sulfonamides is 1. The Balaban J connectivity index is 1.99. The molecule has 1 aliphatic heterocycles. The molecule has 0 saturated heterocycles. The highest BCUT2D eigenvalue weighted by Gasteiger charge is 2.37. The van der Waals surface area contributed by atoms with Gasteiger partial charge >= 0.3 is 0 Å². The number of fused-ring (bicyclic) bond motifs is 1. The van der Waals surface area contributed by atoms with Crippen molar-refractivity contribution in [3.8, 4) is 5.75 Å². The van der Waals surface area contributed by atoms with Crippen LogP contribution >= 0.6 is 0 Å². The number of carbonyl (C=O) groups is 1. The van der Waals surface area contributed by atoms with E-state index in [9.17, 15) is 17.6 Å². The third kappa shape index (κ3) is 4.12. The second-order valence-electron chi connectivity index (χ2n) is 7.57. The van der Waals surface area contributed by atoms with Gasteiger partial charge in [-0.15, -0.1) is 6.58 Å². The van der Waals surface area contributed by atoms with Crippen LogP contribution in [0.25, 0.3) is 0 Å². The number of benzene rings is 2. The van der Waals surface area contributed by atoms with Crippen LogP contribution in [-0.4, -0.2) is 27.5 Å². The Labute approximate surface area is 170 Å². The minimum atomic E-state index is -4.00. The summed E-state index contributed by atoms with van der Waals surface area (Å²) in [7, 11) is -4.00. The molecule has 1 amide bonds. The fourth-order valence-electron chi connectivity index (χ4n) is 3.09. The van der Waals surface area contributed by atoms with Crippen LogP contribution in [0, 0.1) is 18.2 Å². The summed E-state index contributed by atoms with van der Waals surface area (Å²) in [5.41, 5.74) is 0.457. The van der Waals surface area contributed by atoms with Gasteiger partial charge in [0, 0.05) is 12.6 Å². The standard InChI is InChI=1S/C21H23FN2O4S/c1-5-10-24-17-9-8-16(12-18(17)28-13-21(3,4)20(24)25)23-29(26,27)19-11-15(22)7-6-14(19)2/h5-9,11-12,23H,1,10,13H2,2-4H3. The highest BCUT2D eigenvalue weighted by atomic mass is 32.2. The van der Waals surface area contributed by atoms with Crippen molar-refractivity contribution >= 4 is 27.3 Å². The van der Waals surface area contributed by atoms with E-state index in [1.54, 1.807) is 37.8 Å². The van der Waals surface area contributed by atoms with E-state index in [1.807, 2.05) is 0 Å². The molecule has 8 heteroatoms. The molecular formula is C21H23FN2O4S. The van der Waals surface area contributed by atoms with Crippen LogP contribution in [0.1, 0.15) is 19.4 Å². The lowest BCUT2D eigenvalue weighted by Gasteiger charge is -2.27. The monoisotopic (exact) mass is 418 g/mol. The van der Waals surface area contributed by atoms with Crippen LogP contribution in [-0.2, 0) is 14.8 Å². The van der Waals surface area contributed by atoms with E-state index in [4.69, 9.17) is 4.74 Å². The predicted octanol–water partition coefficient (Wildman–Crippen LogP) is 3.87. The number of carbonyl (C=O) groups excluding carboxylic acids is 1. The lowest BCUT2D eigenvalue weighted by molar-refractivity contribution is -0.127. The molecule has 6 nitrogen and oxygen atoms in total. The SMILES string of the molecule is C=CCN1C(=O)C(C)(C)COc2cc(NS(=O)(=O)c3cc(F)ccc3C)ccc21. The van der Waals surface area contributed by atoms with E-state index in [2.05, 4.69) is 11.3 Å². The van der Waals surface area contributed by atoms with Crippen LogP contribution in [0.2, 0.25) is 0 Å². The van der Waals surface area contributed by atoms with Crippen molar-refractivity contribution in [3.63, 3.8) is 0 Å². The third-order valence-corrected chi connectivity index (χ3v) is 6.19. The highest BCUT2D eigenvalue weighted by molar-refractivity contribution is 7.92. The Morgan fingerprint density at radius 3 is 2.69 bits per heavy atom. The van der Waals surface area contributed by atoms with Gasteiger partial charge in [0.15, 0.2) is 0 Å². The van der Waals surface area contributed by atoms with Crippen molar-refractivity contribution in [1.82, 2.24) is 0 Å². The van der Waals surface area contributed by atoms with Crippen LogP contribution in [0.15, 0.2) is 53.9 Å². The normalized spacial score (nSPS) is 15.9. The van der Waals surface area contributed by atoms with Gasteiger partial charge in [-0.05, 0) is 50.6 Å². The number of hydrogen-bond donors (Lipinski definition) is 1. The van der Waals surface area contributed by atoms with Gasteiger partial charge in [0.1, 0.15) is 18.2 Å². The average Bonchev–Trinajstić information content (AvgIpc) is 2.74. The summed E-state index contributed by atoms with van der Waals surface area (Å²) < 4.78 is 47.3. The first-order valence-electron chi connectivity index (χ1n) is 9.04. The summed E-state index contributed by atoms with van der Waals surface area (Å²) in [6.45, 7) is 9.30. The molecule has 0 spiro atoms. The lowest BCUT2D eigenvalue weighted by atomic mass is 9.93. The molecule has 0 aliphatic carbocycles. The number of halogens is 1.